The van der Waals surface area contributed by atoms with E-state index in [1.807, 2.05) is 26.2 Å². The van der Waals surface area contributed by atoms with Crippen molar-refractivity contribution in [3.8, 4) is 0 Å². The Kier molecular flexibility index (Phi) is 4.59. The molecule has 1 aromatic heterocycles. The maximum absolute atomic E-state index is 9.57. The molecule has 5 heteroatoms. The summed E-state index contributed by atoms with van der Waals surface area (Å²) in [6.07, 6.45) is 6.15. The minimum atomic E-state index is -0.111. The van der Waals surface area contributed by atoms with Gasteiger partial charge in [0.1, 0.15) is 0 Å². The third-order valence-electron chi connectivity index (χ3n) is 3.68. The van der Waals surface area contributed by atoms with Crippen LogP contribution in [0.15, 0.2) is 17.4 Å². The highest BCUT2D eigenvalue weighted by Crippen LogP contribution is 2.36. The van der Waals surface area contributed by atoms with Gasteiger partial charge in [0.05, 0.1) is 6.61 Å². The lowest BCUT2D eigenvalue weighted by atomic mass is 9.82. The Bertz CT molecular complexity index is 396. The molecule has 0 aromatic carbocycles. The molecule has 0 bridgehead atoms. The van der Waals surface area contributed by atoms with Gasteiger partial charge in [0.15, 0.2) is 5.16 Å². The van der Waals surface area contributed by atoms with E-state index < -0.39 is 0 Å². The van der Waals surface area contributed by atoms with Gasteiger partial charge in [0, 0.05) is 22.7 Å². The monoisotopic (exact) mass is 267 g/mol. The zero-order valence-corrected chi connectivity index (χ0v) is 11.8. The van der Waals surface area contributed by atoms with Gasteiger partial charge < -0.3 is 10.4 Å². The number of rotatable bonds is 4. The maximum atomic E-state index is 9.57. The molecule has 0 spiro atoms. The third kappa shape index (κ3) is 3.22. The summed E-state index contributed by atoms with van der Waals surface area (Å²) >= 11 is 1.74. The molecule has 1 aromatic rings. The van der Waals surface area contributed by atoms with Crippen LogP contribution in [-0.2, 0) is 0 Å². The first-order valence-corrected chi connectivity index (χ1v) is 7.31. The number of aliphatic hydroxyl groups is 1. The first kappa shape index (κ1) is 13.8. The normalized spacial score (nSPS) is 28.3. The second kappa shape index (κ2) is 5.99. The van der Waals surface area contributed by atoms with Crippen molar-refractivity contribution in [2.75, 3.05) is 13.7 Å². The lowest BCUT2D eigenvalue weighted by molar-refractivity contribution is 0.131. The summed E-state index contributed by atoms with van der Waals surface area (Å²) in [5.74, 6) is 0. The summed E-state index contributed by atoms with van der Waals surface area (Å²) < 4.78 is 0. The quantitative estimate of drug-likeness (QED) is 0.814. The molecule has 4 nitrogen and oxygen atoms in total. The van der Waals surface area contributed by atoms with Gasteiger partial charge in [0.2, 0.25) is 0 Å². The molecule has 2 atom stereocenters. The summed E-state index contributed by atoms with van der Waals surface area (Å²) in [7, 11) is 1.94. The average Bonchev–Trinajstić information content (AvgIpc) is 2.39. The van der Waals surface area contributed by atoms with Gasteiger partial charge in [-0.1, -0.05) is 18.2 Å². The molecule has 2 N–H and O–H groups in total. The minimum Gasteiger partial charge on any atom is -0.394 e. The average molecular weight is 267 g/mol. The fraction of sp³-hybridized carbons (Fsp3) is 0.692. The number of aliphatic hydroxyl groups excluding tert-OH is 1. The summed E-state index contributed by atoms with van der Waals surface area (Å²) in [6, 6.07) is 1.91. The predicted octanol–water partition coefficient (Wildman–Crippen LogP) is 1.77. The lowest BCUT2D eigenvalue weighted by Crippen LogP contribution is -2.50. The Morgan fingerprint density at radius 3 is 3.11 bits per heavy atom. The largest absolute Gasteiger partial charge is 0.394 e. The Hall–Kier alpha value is -0.650. The van der Waals surface area contributed by atoms with E-state index in [2.05, 4.69) is 15.3 Å². The van der Waals surface area contributed by atoms with Gasteiger partial charge >= 0.3 is 0 Å². The van der Waals surface area contributed by atoms with Crippen LogP contribution in [0.3, 0.4) is 0 Å². The molecule has 1 aliphatic rings. The van der Waals surface area contributed by atoms with Gasteiger partial charge in [-0.15, -0.1) is 0 Å². The van der Waals surface area contributed by atoms with Crippen molar-refractivity contribution in [3.63, 3.8) is 0 Å². The molecule has 1 heterocycles. The topological polar surface area (TPSA) is 58.0 Å². The predicted molar refractivity (Wildman–Crippen MR) is 73.8 cm³/mol. The highest BCUT2D eigenvalue weighted by Gasteiger charge is 2.35. The fourth-order valence-electron chi connectivity index (χ4n) is 2.49. The molecular formula is C13H21N3OS. The molecule has 1 aliphatic carbocycles. The zero-order valence-electron chi connectivity index (χ0n) is 11.0. The van der Waals surface area contributed by atoms with Crippen LogP contribution in [0.5, 0.6) is 0 Å². The molecule has 2 unspecified atom stereocenters. The zero-order chi connectivity index (χ0) is 13.0. The molecule has 0 radical (unpaired) electrons. The van der Waals surface area contributed by atoms with Crippen molar-refractivity contribution < 1.29 is 5.11 Å². The van der Waals surface area contributed by atoms with Crippen LogP contribution in [0.1, 0.15) is 31.4 Å². The first-order valence-electron chi connectivity index (χ1n) is 6.43. The molecular weight excluding hydrogens is 246 g/mol. The molecule has 2 rings (SSSR count). The van der Waals surface area contributed by atoms with Crippen molar-refractivity contribution in [1.82, 2.24) is 15.3 Å². The Balaban J connectivity index is 2.01. The van der Waals surface area contributed by atoms with Crippen LogP contribution in [0, 0.1) is 6.92 Å². The maximum Gasteiger partial charge on any atom is 0.187 e. The molecule has 100 valence electrons. The second-order valence-electron chi connectivity index (χ2n) is 5.01. The smallest absolute Gasteiger partial charge is 0.187 e. The minimum absolute atomic E-state index is 0.111. The van der Waals surface area contributed by atoms with Crippen molar-refractivity contribution in [3.05, 3.63) is 18.0 Å². The Morgan fingerprint density at radius 2 is 2.44 bits per heavy atom. The number of aryl methyl sites for hydroxylation is 1. The van der Waals surface area contributed by atoms with Gasteiger partial charge in [-0.05, 0) is 39.3 Å². The van der Waals surface area contributed by atoms with Crippen LogP contribution in [-0.4, -0.2) is 39.5 Å². The number of hydrogen-bond donors (Lipinski definition) is 2. The van der Waals surface area contributed by atoms with Crippen LogP contribution in [0.4, 0.5) is 0 Å². The van der Waals surface area contributed by atoms with E-state index in [1.54, 1.807) is 11.8 Å². The van der Waals surface area contributed by atoms with E-state index in [-0.39, 0.29) is 12.1 Å². The SMILES string of the molecule is CNC1(CO)CCCC(Sc2nccc(C)n2)C1. The van der Waals surface area contributed by atoms with E-state index in [1.165, 1.54) is 6.42 Å². The van der Waals surface area contributed by atoms with E-state index in [0.717, 1.165) is 30.1 Å². The fourth-order valence-corrected chi connectivity index (χ4v) is 3.79. The van der Waals surface area contributed by atoms with Crippen LogP contribution >= 0.6 is 11.8 Å². The Morgan fingerprint density at radius 1 is 1.61 bits per heavy atom. The summed E-state index contributed by atoms with van der Waals surface area (Å²) in [4.78, 5) is 8.74. The van der Waals surface area contributed by atoms with Gasteiger partial charge in [-0.2, -0.15) is 0 Å². The number of hydrogen-bond acceptors (Lipinski definition) is 5. The molecule has 1 saturated carbocycles. The van der Waals surface area contributed by atoms with E-state index in [9.17, 15) is 5.11 Å². The second-order valence-corrected chi connectivity index (χ2v) is 6.27. The molecule has 1 fully saturated rings. The van der Waals surface area contributed by atoms with Crippen LogP contribution in [0.25, 0.3) is 0 Å². The lowest BCUT2D eigenvalue weighted by Gasteiger charge is -2.39. The number of nitrogens with one attached hydrogen (secondary N) is 1. The highest BCUT2D eigenvalue weighted by atomic mass is 32.2. The van der Waals surface area contributed by atoms with Crippen molar-refractivity contribution in [2.24, 2.45) is 0 Å². The third-order valence-corrected chi connectivity index (χ3v) is 4.82. The summed E-state index contributed by atoms with van der Waals surface area (Å²) in [6.45, 7) is 2.19. The first-order chi connectivity index (χ1) is 8.67. The van der Waals surface area contributed by atoms with Crippen molar-refractivity contribution in [1.29, 1.82) is 0 Å². The van der Waals surface area contributed by atoms with E-state index >= 15 is 0 Å². The number of thioether (sulfide) groups is 1. The number of nitrogens with zero attached hydrogens (tertiary/aromatic N) is 2. The summed E-state index contributed by atoms with van der Waals surface area (Å²) in [5.41, 5.74) is 0.894. The van der Waals surface area contributed by atoms with Gasteiger partial charge in [-0.3, -0.25) is 0 Å². The van der Waals surface area contributed by atoms with Crippen LogP contribution < -0.4 is 5.32 Å². The highest BCUT2D eigenvalue weighted by molar-refractivity contribution is 7.99. The van der Waals surface area contributed by atoms with E-state index in [0.29, 0.717) is 5.25 Å². The Labute approximate surface area is 113 Å². The summed E-state index contributed by atoms with van der Waals surface area (Å²) in [5, 5.41) is 14.2. The number of aromatic nitrogens is 2. The van der Waals surface area contributed by atoms with Gasteiger partial charge in [0.25, 0.3) is 0 Å². The molecule has 0 amide bonds. The van der Waals surface area contributed by atoms with Crippen LogP contribution in [0.2, 0.25) is 0 Å². The van der Waals surface area contributed by atoms with E-state index in [4.69, 9.17) is 0 Å². The molecule has 0 saturated heterocycles. The van der Waals surface area contributed by atoms with Gasteiger partial charge in [-0.25, -0.2) is 9.97 Å². The molecule has 0 aliphatic heterocycles. The number of likely N-dealkylation sites (N-methyl/N-ethyl adjacent to an activating group) is 1. The van der Waals surface area contributed by atoms with Crippen molar-refractivity contribution >= 4 is 11.8 Å². The molecule has 18 heavy (non-hydrogen) atoms. The standard InChI is InChI=1S/C13H21N3OS/c1-10-5-7-15-12(16-10)18-11-4-3-6-13(8-11,9-17)14-2/h5,7,11,14,17H,3-4,6,8-9H2,1-2H3. The van der Waals surface area contributed by atoms with Crippen molar-refractivity contribution in [2.45, 2.75) is 48.6 Å².